The quantitative estimate of drug-likeness (QED) is 0.515. The third kappa shape index (κ3) is 3.38. The smallest absolute Gasteiger partial charge is 0.292 e. The second-order valence-corrected chi connectivity index (χ2v) is 6.01. The van der Waals surface area contributed by atoms with Gasteiger partial charge in [0.25, 0.3) is 11.6 Å². The molecule has 0 saturated carbocycles. The molecule has 7 heteroatoms. The molecule has 3 N–H and O–H groups in total. The van der Waals surface area contributed by atoms with E-state index in [-0.39, 0.29) is 22.8 Å². The van der Waals surface area contributed by atoms with E-state index in [2.05, 4.69) is 5.32 Å². The third-order valence-electron chi connectivity index (χ3n) is 3.13. The highest BCUT2D eigenvalue weighted by molar-refractivity contribution is 7.12. The molecule has 1 heterocycles. The Morgan fingerprint density at radius 2 is 2.10 bits per heavy atom. The monoisotopic (exact) mass is 305 g/mol. The molecule has 0 aliphatic rings. The number of nitro benzene ring substituents is 1. The molecule has 0 unspecified atom stereocenters. The molecule has 1 aromatic heterocycles. The van der Waals surface area contributed by atoms with Crippen molar-refractivity contribution in [3.8, 4) is 0 Å². The number of amides is 1. The van der Waals surface area contributed by atoms with Gasteiger partial charge in [-0.05, 0) is 37.6 Å². The highest BCUT2D eigenvalue weighted by Crippen LogP contribution is 2.23. The van der Waals surface area contributed by atoms with Gasteiger partial charge in [0.05, 0.1) is 11.5 Å². The number of anilines is 1. The van der Waals surface area contributed by atoms with Crippen molar-refractivity contribution in [2.24, 2.45) is 0 Å². The van der Waals surface area contributed by atoms with Gasteiger partial charge in [-0.2, -0.15) is 0 Å². The molecule has 0 bridgehead atoms. The highest BCUT2D eigenvalue weighted by Gasteiger charge is 2.15. The van der Waals surface area contributed by atoms with Gasteiger partial charge < -0.3 is 11.1 Å². The summed E-state index contributed by atoms with van der Waals surface area (Å²) in [4.78, 5) is 24.5. The molecule has 0 aliphatic heterocycles. The number of rotatable bonds is 4. The molecule has 2 rings (SSSR count). The Morgan fingerprint density at radius 3 is 2.67 bits per heavy atom. The highest BCUT2D eigenvalue weighted by atomic mass is 32.1. The Labute approximate surface area is 125 Å². The zero-order chi connectivity index (χ0) is 15.6. The maximum absolute atomic E-state index is 12.0. The summed E-state index contributed by atoms with van der Waals surface area (Å²) >= 11 is 1.62. The lowest BCUT2D eigenvalue weighted by Crippen LogP contribution is -2.22. The van der Waals surface area contributed by atoms with Crippen LogP contribution >= 0.6 is 11.3 Å². The van der Waals surface area contributed by atoms with Crippen molar-refractivity contribution in [3.05, 3.63) is 55.3 Å². The van der Waals surface area contributed by atoms with Crippen molar-refractivity contribution >= 4 is 28.6 Å². The van der Waals surface area contributed by atoms with Crippen LogP contribution in [0.5, 0.6) is 0 Å². The summed E-state index contributed by atoms with van der Waals surface area (Å²) in [6, 6.07) is 6.05. The van der Waals surface area contributed by atoms with Gasteiger partial charge in [-0.1, -0.05) is 0 Å². The molecule has 0 saturated heterocycles. The van der Waals surface area contributed by atoms with E-state index in [1.54, 1.807) is 11.3 Å². The van der Waals surface area contributed by atoms with Crippen LogP contribution in [0, 0.1) is 24.0 Å². The average Bonchev–Trinajstić information content (AvgIpc) is 2.75. The maximum Gasteiger partial charge on any atom is 0.292 e. The normalized spacial score (nSPS) is 10.4. The Hall–Kier alpha value is -2.41. The van der Waals surface area contributed by atoms with E-state index in [0.29, 0.717) is 6.54 Å². The lowest BCUT2D eigenvalue weighted by molar-refractivity contribution is -0.383. The number of nitrogens with zero attached hydrogens (tertiary/aromatic N) is 1. The minimum absolute atomic E-state index is 0.0426. The van der Waals surface area contributed by atoms with Crippen LogP contribution in [0.25, 0.3) is 0 Å². The number of thiophene rings is 1. The predicted octanol–water partition coefficient (Wildman–Crippen LogP) is 2.79. The van der Waals surface area contributed by atoms with Crippen molar-refractivity contribution in [2.45, 2.75) is 20.4 Å². The van der Waals surface area contributed by atoms with Gasteiger partial charge in [0, 0.05) is 21.4 Å². The summed E-state index contributed by atoms with van der Waals surface area (Å²) in [7, 11) is 0. The number of aryl methyl sites for hydroxylation is 2. The van der Waals surface area contributed by atoms with Crippen molar-refractivity contribution in [1.29, 1.82) is 0 Å². The first-order chi connectivity index (χ1) is 9.88. The number of nitro groups is 1. The van der Waals surface area contributed by atoms with E-state index >= 15 is 0 Å². The third-order valence-corrected chi connectivity index (χ3v) is 4.28. The first-order valence-corrected chi connectivity index (χ1v) is 7.08. The molecule has 1 aromatic carbocycles. The van der Waals surface area contributed by atoms with Gasteiger partial charge in [0.15, 0.2) is 0 Å². The lowest BCUT2D eigenvalue weighted by Gasteiger charge is -2.04. The Balaban J connectivity index is 2.10. The standard InChI is InChI=1S/C14H15N3O3S/c1-8-5-11(21-9(8)2)7-16-14(18)10-3-4-12(15)13(6-10)17(19)20/h3-6H,7,15H2,1-2H3,(H,16,18). The molecular weight excluding hydrogens is 290 g/mol. The molecule has 110 valence electrons. The number of hydrogen-bond donors (Lipinski definition) is 2. The van der Waals surface area contributed by atoms with Crippen molar-refractivity contribution < 1.29 is 9.72 Å². The van der Waals surface area contributed by atoms with Gasteiger partial charge in [-0.25, -0.2) is 0 Å². The van der Waals surface area contributed by atoms with Gasteiger partial charge >= 0.3 is 0 Å². The zero-order valence-corrected chi connectivity index (χ0v) is 12.5. The lowest BCUT2D eigenvalue weighted by atomic mass is 10.1. The molecule has 6 nitrogen and oxygen atoms in total. The fraction of sp³-hybridized carbons (Fsp3) is 0.214. The Kier molecular flexibility index (Phi) is 4.23. The van der Waals surface area contributed by atoms with E-state index in [1.165, 1.54) is 28.6 Å². The van der Waals surface area contributed by atoms with Gasteiger partial charge in [0.1, 0.15) is 5.69 Å². The molecule has 1 amide bonds. The minimum atomic E-state index is -0.599. The molecule has 0 fully saturated rings. The van der Waals surface area contributed by atoms with E-state index in [0.717, 1.165) is 4.88 Å². The number of nitrogen functional groups attached to an aromatic ring is 1. The summed E-state index contributed by atoms with van der Waals surface area (Å²) in [6.45, 7) is 4.44. The van der Waals surface area contributed by atoms with Crippen LogP contribution < -0.4 is 11.1 Å². The molecule has 21 heavy (non-hydrogen) atoms. The van der Waals surface area contributed by atoms with Crippen LogP contribution in [-0.4, -0.2) is 10.8 Å². The van der Waals surface area contributed by atoms with E-state index in [1.807, 2.05) is 19.9 Å². The van der Waals surface area contributed by atoms with Crippen LogP contribution in [0.4, 0.5) is 11.4 Å². The fourth-order valence-corrected chi connectivity index (χ4v) is 2.84. The molecule has 0 atom stereocenters. The van der Waals surface area contributed by atoms with Gasteiger partial charge in [0.2, 0.25) is 0 Å². The zero-order valence-electron chi connectivity index (χ0n) is 11.7. The summed E-state index contributed by atoms with van der Waals surface area (Å²) in [5.74, 6) is -0.359. The van der Waals surface area contributed by atoms with Crippen LogP contribution in [0.3, 0.4) is 0 Å². The predicted molar refractivity (Wildman–Crippen MR) is 82.5 cm³/mol. The van der Waals surface area contributed by atoms with Crippen molar-refractivity contribution in [2.75, 3.05) is 5.73 Å². The largest absolute Gasteiger partial charge is 0.393 e. The summed E-state index contributed by atoms with van der Waals surface area (Å²) in [5.41, 5.74) is 6.70. The number of carbonyl (C=O) groups is 1. The first kappa shape index (κ1) is 15.0. The molecule has 0 radical (unpaired) electrons. The number of nitrogens with one attached hydrogen (secondary N) is 1. The van der Waals surface area contributed by atoms with E-state index in [4.69, 9.17) is 5.73 Å². The van der Waals surface area contributed by atoms with Crippen LogP contribution in [0.1, 0.15) is 25.7 Å². The number of hydrogen-bond acceptors (Lipinski definition) is 5. The second kappa shape index (κ2) is 5.92. The topological polar surface area (TPSA) is 98.3 Å². The van der Waals surface area contributed by atoms with Gasteiger partial charge in [-0.15, -0.1) is 11.3 Å². The van der Waals surface area contributed by atoms with Gasteiger partial charge in [-0.3, -0.25) is 14.9 Å². The van der Waals surface area contributed by atoms with Crippen molar-refractivity contribution in [3.63, 3.8) is 0 Å². The maximum atomic E-state index is 12.0. The molecule has 2 aromatic rings. The van der Waals surface area contributed by atoms with Crippen LogP contribution in [0.2, 0.25) is 0 Å². The number of carbonyl (C=O) groups excluding carboxylic acids is 1. The van der Waals surface area contributed by atoms with E-state index in [9.17, 15) is 14.9 Å². The van der Waals surface area contributed by atoms with Crippen LogP contribution in [0.15, 0.2) is 24.3 Å². The summed E-state index contributed by atoms with van der Waals surface area (Å²) in [5, 5.41) is 13.6. The van der Waals surface area contributed by atoms with Crippen LogP contribution in [-0.2, 0) is 6.54 Å². The number of benzene rings is 1. The van der Waals surface area contributed by atoms with E-state index < -0.39 is 4.92 Å². The molecular formula is C14H15N3O3S. The Bertz CT molecular complexity index is 690. The SMILES string of the molecule is Cc1cc(CNC(=O)c2ccc(N)c([N+](=O)[O-])c2)sc1C. The average molecular weight is 305 g/mol. The summed E-state index contributed by atoms with van der Waals surface area (Å²) < 4.78 is 0. The minimum Gasteiger partial charge on any atom is -0.393 e. The fourth-order valence-electron chi connectivity index (χ4n) is 1.85. The first-order valence-electron chi connectivity index (χ1n) is 6.26. The molecule has 0 spiro atoms. The van der Waals surface area contributed by atoms with Crippen molar-refractivity contribution in [1.82, 2.24) is 5.32 Å². The molecule has 0 aliphatic carbocycles. The Morgan fingerprint density at radius 1 is 1.38 bits per heavy atom. The summed E-state index contributed by atoms with van der Waals surface area (Å²) in [6.07, 6.45) is 0. The number of nitrogens with two attached hydrogens (primary N) is 1. The second-order valence-electron chi connectivity index (χ2n) is 4.67.